The van der Waals surface area contributed by atoms with Gasteiger partial charge in [-0.15, -0.1) is 12.4 Å². The summed E-state index contributed by atoms with van der Waals surface area (Å²) in [6, 6.07) is 2.14. The van der Waals surface area contributed by atoms with Crippen molar-refractivity contribution in [3.63, 3.8) is 0 Å². The average Bonchev–Trinajstić information content (AvgIpc) is 2.78. The van der Waals surface area contributed by atoms with E-state index in [4.69, 9.17) is 4.52 Å². The number of nitrogens with zero attached hydrogens (tertiary/aromatic N) is 3. The Morgan fingerprint density at radius 2 is 2.24 bits per heavy atom. The molecule has 1 aliphatic heterocycles. The van der Waals surface area contributed by atoms with Gasteiger partial charge in [0.1, 0.15) is 0 Å². The van der Waals surface area contributed by atoms with E-state index in [1.54, 1.807) is 0 Å². The lowest BCUT2D eigenvalue weighted by molar-refractivity contribution is 0.0711. The van der Waals surface area contributed by atoms with Gasteiger partial charge < -0.3 is 14.7 Å². The van der Waals surface area contributed by atoms with Gasteiger partial charge in [0.25, 0.3) is 11.6 Å². The molecule has 0 saturated carbocycles. The zero-order chi connectivity index (χ0) is 14.3. The molecule has 2 aromatic rings. The van der Waals surface area contributed by atoms with Crippen LogP contribution in [0.2, 0.25) is 0 Å². The van der Waals surface area contributed by atoms with Gasteiger partial charge in [0.05, 0.1) is 16.6 Å². The van der Waals surface area contributed by atoms with E-state index in [9.17, 15) is 4.79 Å². The van der Waals surface area contributed by atoms with Gasteiger partial charge in [-0.1, -0.05) is 5.16 Å². The molecule has 3 rings (SSSR count). The van der Waals surface area contributed by atoms with E-state index < -0.39 is 0 Å². The number of rotatable bonds is 1. The predicted molar refractivity (Wildman–Crippen MR) is 81.9 cm³/mol. The molecule has 1 amide bonds. The number of carbonyl (C=O) groups is 1. The summed E-state index contributed by atoms with van der Waals surface area (Å²) in [5.41, 5.74) is 2.55. The zero-order valence-electron chi connectivity index (χ0n) is 12.3. The number of piperazine rings is 1. The van der Waals surface area contributed by atoms with Crippen molar-refractivity contribution in [1.82, 2.24) is 20.4 Å². The number of hydrogen-bond donors (Lipinski definition) is 1. The number of hydrogen-bond acceptors (Lipinski definition) is 5. The standard InChI is InChI=1S/C14H18N4O2.ClH/c1-8-6-11(12-10(3)17-20-13(12)16-8)14(19)18-5-4-15-9(2)7-18;/h6,9,15H,4-5,7H2,1-3H3;1H. The van der Waals surface area contributed by atoms with E-state index in [-0.39, 0.29) is 18.3 Å². The van der Waals surface area contributed by atoms with E-state index in [2.05, 4.69) is 22.4 Å². The van der Waals surface area contributed by atoms with Crippen molar-refractivity contribution >= 4 is 29.4 Å². The second kappa shape index (κ2) is 5.99. The second-order valence-corrected chi connectivity index (χ2v) is 5.37. The second-order valence-electron chi connectivity index (χ2n) is 5.37. The monoisotopic (exact) mass is 310 g/mol. The Hall–Kier alpha value is -1.66. The first kappa shape index (κ1) is 15.7. The number of pyridine rings is 1. The largest absolute Gasteiger partial charge is 0.336 e. The van der Waals surface area contributed by atoms with E-state index in [0.717, 1.165) is 24.2 Å². The Morgan fingerprint density at radius 3 is 2.95 bits per heavy atom. The third-order valence-corrected chi connectivity index (χ3v) is 3.63. The van der Waals surface area contributed by atoms with Gasteiger partial charge in [-0.2, -0.15) is 0 Å². The molecule has 0 radical (unpaired) electrons. The normalized spacial score (nSPS) is 18.6. The van der Waals surface area contributed by atoms with Gasteiger partial charge in [-0.25, -0.2) is 4.98 Å². The first-order chi connectivity index (χ1) is 9.56. The highest BCUT2D eigenvalue weighted by atomic mass is 35.5. The number of aromatic nitrogens is 2. The summed E-state index contributed by atoms with van der Waals surface area (Å²) in [7, 11) is 0. The molecule has 1 unspecified atom stereocenters. The third kappa shape index (κ3) is 2.87. The van der Waals surface area contributed by atoms with Crippen LogP contribution in [-0.2, 0) is 0 Å². The summed E-state index contributed by atoms with van der Waals surface area (Å²) >= 11 is 0. The van der Waals surface area contributed by atoms with Crippen LogP contribution in [0.25, 0.3) is 11.1 Å². The molecule has 0 bridgehead atoms. The van der Waals surface area contributed by atoms with Crippen LogP contribution in [0.4, 0.5) is 0 Å². The van der Waals surface area contributed by atoms with Crippen molar-refractivity contribution in [2.75, 3.05) is 19.6 Å². The van der Waals surface area contributed by atoms with Crippen molar-refractivity contribution in [3.05, 3.63) is 23.0 Å². The number of fused-ring (bicyclic) bond motifs is 1. The maximum absolute atomic E-state index is 12.8. The molecule has 21 heavy (non-hydrogen) atoms. The molecule has 0 spiro atoms. The molecule has 1 saturated heterocycles. The number of nitrogens with one attached hydrogen (secondary N) is 1. The van der Waals surface area contributed by atoms with Crippen molar-refractivity contribution in [3.8, 4) is 0 Å². The van der Waals surface area contributed by atoms with Gasteiger partial charge in [0.2, 0.25) is 0 Å². The van der Waals surface area contributed by atoms with Crippen molar-refractivity contribution < 1.29 is 9.32 Å². The highest BCUT2D eigenvalue weighted by Gasteiger charge is 2.25. The fourth-order valence-electron chi connectivity index (χ4n) is 2.67. The SMILES string of the molecule is Cc1cc(C(=O)N2CCNC(C)C2)c2c(C)noc2n1.Cl. The van der Waals surface area contributed by atoms with E-state index >= 15 is 0 Å². The highest BCUT2D eigenvalue weighted by molar-refractivity contribution is 6.06. The predicted octanol–water partition coefficient (Wildman–Crippen LogP) is 1.70. The maximum atomic E-state index is 12.8. The topological polar surface area (TPSA) is 71.3 Å². The van der Waals surface area contributed by atoms with Crippen LogP contribution in [0.5, 0.6) is 0 Å². The Kier molecular flexibility index (Phi) is 4.49. The smallest absolute Gasteiger partial charge is 0.258 e. The molecular weight excluding hydrogens is 292 g/mol. The van der Waals surface area contributed by atoms with Crippen LogP contribution in [0.3, 0.4) is 0 Å². The molecule has 2 aromatic heterocycles. The van der Waals surface area contributed by atoms with Crippen LogP contribution in [0.1, 0.15) is 28.7 Å². The van der Waals surface area contributed by atoms with Gasteiger partial charge in [0.15, 0.2) is 0 Å². The minimum absolute atomic E-state index is 0. The molecule has 1 aliphatic rings. The molecule has 0 aliphatic carbocycles. The van der Waals surface area contributed by atoms with Crippen molar-refractivity contribution in [2.24, 2.45) is 0 Å². The highest BCUT2D eigenvalue weighted by Crippen LogP contribution is 2.23. The molecule has 1 atom stereocenters. The first-order valence-electron chi connectivity index (χ1n) is 6.82. The molecule has 3 heterocycles. The van der Waals surface area contributed by atoms with E-state index in [0.29, 0.717) is 29.6 Å². The van der Waals surface area contributed by atoms with E-state index in [1.165, 1.54) is 0 Å². The molecule has 1 N–H and O–H groups in total. The Labute approximate surface area is 129 Å². The van der Waals surface area contributed by atoms with Crippen LogP contribution in [0.15, 0.2) is 10.6 Å². The van der Waals surface area contributed by atoms with Crippen LogP contribution < -0.4 is 5.32 Å². The Bertz CT molecular complexity index is 670. The number of halogens is 1. The van der Waals surface area contributed by atoms with Crippen molar-refractivity contribution in [2.45, 2.75) is 26.8 Å². The molecule has 114 valence electrons. The summed E-state index contributed by atoms with van der Waals surface area (Å²) in [5, 5.41) is 7.98. The number of aryl methyl sites for hydroxylation is 2. The number of amides is 1. The third-order valence-electron chi connectivity index (χ3n) is 3.63. The molecule has 1 fully saturated rings. The van der Waals surface area contributed by atoms with Crippen LogP contribution in [-0.4, -0.2) is 46.6 Å². The van der Waals surface area contributed by atoms with Crippen LogP contribution in [0, 0.1) is 13.8 Å². The molecular formula is C14H19ClN4O2. The van der Waals surface area contributed by atoms with E-state index in [1.807, 2.05) is 24.8 Å². The maximum Gasteiger partial charge on any atom is 0.258 e. The average molecular weight is 311 g/mol. The van der Waals surface area contributed by atoms with Gasteiger partial charge >= 0.3 is 0 Å². The zero-order valence-corrected chi connectivity index (χ0v) is 13.2. The molecule has 6 nitrogen and oxygen atoms in total. The fraction of sp³-hybridized carbons (Fsp3) is 0.500. The van der Waals surface area contributed by atoms with Gasteiger partial charge in [0, 0.05) is 31.4 Å². The Morgan fingerprint density at radius 1 is 1.48 bits per heavy atom. The van der Waals surface area contributed by atoms with Crippen LogP contribution >= 0.6 is 12.4 Å². The summed E-state index contributed by atoms with van der Waals surface area (Å²) in [5.74, 6) is 0.0279. The fourth-order valence-corrected chi connectivity index (χ4v) is 2.67. The molecule has 0 aromatic carbocycles. The lowest BCUT2D eigenvalue weighted by Gasteiger charge is -2.32. The minimum atomic E-state index is 0. The minimum Gasteiger partial charge on any atom is -0.336 e. The summed E-state index contributed by atoms with van der Waals surface area (Å²) < 4.78 is 5.18. The van der Waals surface area contributed by atoms with Crippen molar-refractivity contribution in [1.29, 1.82) is 0 Å². The van der Waals surface area contributed by atoms with Gasteiger partial charge in [-0.3, -0.25) is 4.79 Å². The first-order valence-corrected chi connectivity index (χ1v) is 6.82. The quantitative estimate of drug-likeness (QED) is 0.868. The van der Waals surface area contributed by atoms with Gasteiger partial charge in [-0.05, 0) is 26.8 Å². The lowest BCUT2D eigenvalue weighted by atomic mass is 10.1. The summed E-state index contributed by atoms with van der Waals surface area (Å²) in [6.45, 7) is 8.02. The molecule has 7 heteroatoms. The summed E-state index contributed by atoms with van der Waals surface area (Å²) in [6.07, 6.45) is 0. The number of carbonyl (C=O) groups excluding carboxylic acids is 1. The Balaban J connectivity index is 0.00000161. The lowest BCUT2D eigenvalue weighted by Crippen LogP contribution is -2.51. The summed E-state index contributed by atoms with van der Waals surface area (Å²) in [4.78, 5) is 18.9.